The summed E-state index contributed by atoms with van der Waals surface area (Å²) in [7, 11) is -3.14. The van der Waals surface area contributed by atoms with Gasteiger partial charge in [0.15, 0.2) is 9.84 Å². The van der Waals surface area contributed by atoms with Crippen molar-refractivity contribution in [3.63, 3.8) is 0 Å². The molecule has 1 aromatic carbocycles. The maximum atomic E-state index is 12.7. The third-order valence-corrected chi connectivity index (χ3v) is 7.90. The van der Waals surface area contributed by atoms with Crippen molar-refractivity contribution in [3.05, 3.63) is 40.4 Å². The van der Waals surface area contributed by atoms with Crippen molar-refractivity contribution in [1.82, 2.24) is 15.2 Å². The molecule has 2 aliphatic heterocycles. The molecule has 2 saturated heterocycles. The van der Waals surface area contributed by atoms with Crippen molar-refractivity contribution in [2.75, 3.05) is 24.6 Å². The molecule has 3 heterocycles. The standard InChI is InChI=1S/C18H20ClN3O3S2/c19-13-5-3-4-12(8-13)18-21-14(9-26-18)17(23)20-15-10-27(24,25)11-16(15)22-6-1-2-7-22/h3-5,8-9,15-16H,1-2,6-7,10-11H2,(H,20,23). The molecule has 0 saturated carbocycles. The summed E-state index contributed by atoms with van der Waals surface area (Å²) in [6.45, 7) is 1.78. The summed E-state index contributed by atoms with van der Waals surface area (Å²) in [6.07, 6.45) is 2.15. The number of hydrogen-bond acceptors (Lipinski definition) is 6. The second kappa shape index (κ2) is 7.50. The number of benzene rings is 1. The molecule has 2 unspecified atom stereocenters. The fraction of sp³-hybridized carbons (Fsp3) is 0.444. The van der Waals surface area contributed by atoms with Crippen molar-refractivity contribution in [1.29, 1.82) is 0 Å². The molecule has 2 atom stereocenters. The number of hydrogen-bond donors (Lipinski definition) is 1. The molecule has 4 rings (SSSR count). The van der Waals surface area contributed by atoms with Gasteiger partial charge in [0.1, 0.15) is 10.7 Å². The van der Waals surface area contributed by atoms with Crippen LogP contribution in [0.25, 0.3) is 10.6 Å². The van der Waals surface area contributed by atoms with Crippen LogP contribution in [0.2, 0.25) is 5.02 Å². The summed E-state index contributed by atoms with van der Waals surface area (Å²) >= 11 is 7.38. The Morgan fingerprint density at radius 3 is 2.78 bits per heavy atom. The van der Waals surface area contributed by atoms with Gasteiger partial charge in [-0.25, -0.2) is 13.4 Å². The quantitative estimate of drug-likeness (QED) is 0.813. The molecule has 6 nitrogen and oxygen atoms in total. The van der Waals surface area contributed by atoms with Crippen LogP contribution < -0.4 is 5.32 Å². The number of halogens is 1. The first-order valence-corrected chi connectivity index (χ1v) is 12.0. The lowest BCUT2D eigenvalue weighted by molar-refractivity contribution is 0.0914. The van der Waals surface area contributed by atoms with E-state index in [1.54, 1.807) is 17.5 Å². The Kier molecular flexibility index (Phi) is 5.24. The zero-order valence-corrected chi connectivity index (χ0v) is 17.0. The van der Waals surface area contributed by atoms with Gasteiger partial charge < -0.3 is 5.32 Å². The van der Waals surface area contributed by atoms with E-state index >= 15 is 0 Å². The van der Waals surface area contributed by atoms with Crippen LogP contribution in [-0.4, -0.2) is 60.9 Å². The first-order valence-electron chi connectivity index (χ1n) is 8.88. The highest BCUT2D eigenvalue weighted by Crippen LogP contribution is 2.27. The molecule has 2 aromatic rings. The number of sulfone groups is 1. The smallest absolute Gasteiger partial charge is 0.271 e. The van der Waals surface area contributed by atoms with Gasteiger partial charge in [-0.05, 0) is 38.1 Å². The van der Waals surface area contributed by atoms with Gasteiger partial charge in [-0.1, -0.05) is 23.7 Å². The third kappa shape index (κ3) is 4.18. The topological polar surface area (TPSA) is 79.4 Å². The molecular weight excluding hydrogens is 406 g/mol. The molecule has 0 spiro atoms. The number of carbonyl (C=O) groups is 1. The highest BCUT2D eigenvalue weighted by molar-refractivity contribution is 7.91. The first-order chi connectivity index (χ1) is 12.9. The van der Waals surface area contributed by atoms with Crippen molar-refractivity contribution >= 4 is 38.7 Å². The Balaban J connectivity index is 1.50. The van der Waals surface area contributed by atoms with E-state index in [1.165, 1.54) is 11.3 Å². The molecule has 0 bridgehead atoms. The van der Waals surface area contributed by atoms with Crippen molar-refractivity contribution < 1.29 is 13.2 Å². The highest BCUT2D eigenvalue weighted by Gasteiger charge is 2.42. The van der Waals surface area contributed by atoms with Gasteiger partial charge in [0.2, 0.25) is 0 Å². The number of nitrogens with one attached hydrogen (secondary N) is 1. The number of likely N-dealkylation sites (tertiary alicyclic amines) is 1. The van der Waals surface area contributed by atoms with Crippen LogP contribution >= 0.6 is 22.9 Å². The largest absolute Gasteiger partial charge is 0.345 e. The van der Waals surface area contributed by atoms with Crippen LogP contribution in [-0.2, 0) is 9.84 Å². The molecule has 0 radical (unpaired) electrons. The van der Waals surface area contributed by atoms with Gasteiger partial charge in [0.25, 0.3) is 5.91 Å². The minimum Gasteiger partial charge on any atom is -0.345 e. The van der Waals surface area contributed by atoms with E-state index in [-0.39, 0.29) is 23.5 Å². The number of aromatic nitrogens is 1. The minimum atomic E-state index is -3.14. The first kappa shape index (κ1) is 18.9. The molecule has 144 valence electrons. The number of amides is 1. The normalized spacial score (nSPS) is 24.9. The molecule has 2 fully saturated rings. The summed E-state index contributed by atoms with van der Waals surface area (Å²) in [6, 6.07) is 6.77. The van der Waals surface area contributed by atoms with E-state index in [1.807, 2.05) is 12.1 Å². The van der Waals surface area contributed by atoms with E-state index in [0.717, 1.165) is 31.5 Å². The maximum Gasteiger partial charge on any atom is 0.271 e. The van der Waals surface area contributed by atoms with Crippen molar-refractivity contribution in [2.45, 2.75) is 24.9 Å². The molecule has 27 heavy (non-hydrogen) atoms. The van der Waals surface area contributed by atoms with Crippen LogP contribution in [0.3, 0.4) is 0 Å². The zero-order valence-electron chi connectivity index (χ0n) is 14.6. The Hall–Kier alpha value is -1.48. The number of rotatable bonds is 4. The van der Waals surface area contributed by atoms with Crippen molar-refractivity contribution in [2.24, 2.45) is 0 Å². The summed E-state index contributed by atoms with van der Waals surface area (Å²) in [4.78, 5) is 19.3. The molecule has 1 amide bonds. The molecular formula is C18H20ClN3O3S2. The average Bonchev–Trinajstić information content (AvgIpc) is 3.34. The Morgan fingerprint density at radius 1 is 1.26 bits per heavy atom. The summed E-state index contributed by atoms with van der Waals surface area (Å²) in [5.74, 6) is -0.223. The van der Waals surface area contributed by atoms with Gasteiger partial charge in [0.05, 0.1) is 17.5 Å². The summed E-state index contributed by atoms with van der Waals surface area (Å²) in [5.41, 5.74) is 1.16. The van der Waals surface area contributed by atoms with Gasteiger partial charge in [-0.2, -0.15) is 0 Å². The van der Waals surface area contributed by atoms with Crippen LogP contribution in [0.5, 0.6) is 0 Å². The predicted molar refractivity (Wildman–Crippen MR) is 107 cm³/mol. The van der Waals surface area contributed by atoms with Crippen molar-refractivity contribution in [3.8, 4) is 10.6 Å². The maximum absolute atomic E-state index is 12.7. The van der Waals surface area contributed by atoms with Gasteiger partial charge in [0, 0.05) is 22.0 Å². The SMILES string of the molecule is O=C(NC1CS(=O)(=O)CC1N1CCCC1)c1csc(-c2cccc(Cl)c2)n1. The lowest BCUT2D eigenvalue weighted by atomic mass is 10.1. The zero-order chi connectivity index (χ0) is 19.0. The Bertz CT molecular complexity index is 954. The van der Waals surface area contributed by atoms with E-state index in [9.17, 15) is 13.2 Å². The summed E-state index contributed by atoms with van der Waals surface area (Å²) < 4.78 is 24.3. The third-order valence-electron chi connectivity index (χ3n) is 5.06. The van der Waals surface area contributed by atoms with E-state index in [0.29, 0.717) is 15.7 Å². The van der Waals surface area contributed by atoms with Crippen LogP contribution in [0, 0.1) is 0 Å². The predicted octanol–water partition coefficient (Wildman–Crippen LogP) is 2.45. The molecule has 2 aliphatic rings. The van der Waals surface area contributed by atoms with Gasteiger partial charge >= 0.3 is 0 Å². The molecule has 9 heteroatoms. The fourth-order valence-corrected chi connectivity index (χ4v) is 6.71. The number of thiazole rings is 1. The van der Waals surface area contributed by atoms with Crippen LogP contribution in [0.15, 0.2) is 29.6 Å². The minimum absolute atomic E-state index is 0.00874. The number of nitrogens with zero attached hydrogens (tertiary/aromatic N) is 2. The average molecular weight is 426 g/mol. The molecule has 1 N–H and O–H groups in total. The Labute approximate surface area is 167 Å². The second-order valence-electron chi connectivity index (χ2n) is 7.02. The monoisotopic (exact) mass is 425 g/mol. The van der Waals surface area contributed by atoms with E-state index < -0.39 is 15.9 Å². The number of carbonyl (C=O) groups excluding carboxylic acids is 1. The van der Waals surface area contributed by atoms with Crippen LogP contribution in [0.1, 0.15) is 23.3 Å². The van der Waals surface area contributed by atoms with Crippen LogP contribution in [0.4, 0.5) is 0 Å². The van der Waals surface area contributed by atoms with Gasteiger partial charge in [-0.15, -0.1) is 11.3 Å². The molecule has 1 aromatic heterocycles. The highest BCUT2D eigenvalue weighted by atomic mass is 35.5. The molecule has 0 aliphatic carbocycles. The lowest BCUT2D eigenvalue weighted by Crippen LogP contribution is -2.50. The van der Waals surface area contributed by atoms with E-state index in [4.69, 9.17) is 11.6 Å². The summed E-state index contributed by atoms with van der Waals surface area (Å²) in [5, 5.41) is 5.92. The Morgan fingerprint density at radius 2 is 2.04 bits per heavy atom. The van der Waals surface area contributed by atoms with E-state index in [2.05, 4.69) is 15.2 Å². The second-order valence-corrected chi connectivity index (χ2v) is 10.5. The van der Waals surface area contributed by atoms with Gasteiger partial charge in [-0.3, -0.25) is 9.69 Å². The fourth-order valence-electron chi connectivity index (χ4n) is 3.77. The lowest BCUT2D eigenvalue weighted by Gasteiger charge is -2.28.